The van der Waals surface area contributed by atoms with Crippen molar-refractivity contribution in [1.82, 2.24) is 10.3 Å². The third kappa shape index (κ3) is 2.32. The largest absolute Gasteiger partial charge is 0.313 e. The lowest BCUT2D eigenvalue weighted by Gasteiger charge is -2.15. The van der Waals surface area contributed by atoms with Crippen LogP contribution in [-0.2, 0) is 19.4 Å². The van der Waals surface area contributed by atoms with Crippen molar-refractivity contribution in [3.63, 3.8) is 0 Å². The zero-order valence-electron chi connectivity index (χ0n) is 12.2. The lowest BCUT2D eigenvalue weighted by atomic mass is 9.99. The maximum atomic E-state index is 6.26. The first-order valence-electron chi connectivity index (χ1n) is 7.52. The first-order valence-corrected chi connectivity index (χ1v) is 7.90. The van der Waals surface area contributed by atoms with Gasteiger partial charge in [0, 0.05) is 22.6 Å². The van der Waals surface area contributed by atoms with Crippen LogP contribution in [0.1, 0.15) is 42.1 Å². The van der Waals surface area contributed by atoms with Crippen molar-refractivity contribution >= 4 is 22.5 Å². The van der Waals surface area contributed by atoms with E-state index in [0.29, 0.717) is 0 Å². The molecule has 106 valence electrons. The third-order valence-electron chi connectivity index (χ3n) is 4.22. The number of fused-ring (bicyclic) bond motifs is 2. The van der Waals surface area contributed by atoms with E-state index in [1.165, 1.54) is 35.0 Å². The Morgan fingerprint density at radius 1 is 1.30 bits per heavy atom. The summed E-state index contributed by atoms with van der Waals surface area (Å²) in [5.41, 5.74) is 6.40. The summed E-state index contributed by atoms with van der Waals surface area (Å²) in [6.45, 7) is 6.27. The molecule has 1 aliphatic rings. The number of pyridine rings is 1. The van der Waals surface area contributed by atoms with E-state index < -0.39 is 0 Å². The first kappa shape index (κ1) is 13.8. The lowest BCUT2D eigenvalue weighted by Crippen LogP contribution is -2.16. The predicted molar refractivity (Wildman–Crippen MR) is 85.5 cm³/mol. The highest BCUT2D eigenvalue weighted by Gasteiger charge is 2.20. The molecule has 20 heavy (non-hydrogen) atoms. The molecule has 1 heterocycles. The maximum Gasteiger partial charge on any atom is 0.0752 e. The van der Waals surface area contributed by atoms with Crippen LogP contribution in [0.2, 0.25) is 5.02 Å². The molecule has 0 bridgehead atoms. The second-order valence-electron chi connectivity index (χ2n) is 5.61. The molecule has 1 aromatic heterocycles. The molecule has 1 aromatic carbocycles. The van der Waals surface area contributed by atoms with Gasteiger partial charge in [-0.05, 0) is 61.9 Å². The number of hydrogen-bond donors (Lipinski definition) is 1. The van der Waals surface area contributed by atoms with Crippen LogP contribution in [0.15, 0.2) is 12.1 Å². The number of nitrogens with zero attached hydrogens (tertiary/aromatic N) is 1. The van der Waals surface area contributed by atoms with Gasteiger partial charge in [0.15, 0.2) is 0 Å². The average Bonchev–Trinajstić information content (AvgIpc) is 2.91. The lowest BCUT2D eigenvalue weighted by molar-refractivity contribution is 0.674. The molecule has 0 spiro atoms. The first-order chi connectivity index (χ1) is 9.72. The van der Waals surface area contributed by atoms with E-state index in [1.807, 2.05) is 6.07 Å². The monoisotopic (exact) mass is 288 g/mol. The van der Waals surface area contributed by atoms with Crippen LogP contribution >= 0.6 is 11.6 Å². The molecule has 0 aliphatic heterocycles. The molecular weight excluding hydrogens is 268 g/mol. The number of nitrogens with one attached hydrogen (secondary N) is 1. The van der Waals surface area contributed by atoms with Crippen molar-refractivity contribution in [3.8, 4) is 0 Å². The number of benzene rings is 1. The molecule has 0 atom stereocenters. The fourth-order valence-electron chi connectivity index (χ4n) is 3.13. The van der Waals surface area contributed by atoms with Crippen molar-refractivity contribution in [2.75, 3.05) is 6.54 Å². The molecule has 3 heteroatoms. The summed E-state index contributed by atoms with van der Waals surface area (Å²) in [4.78, 5) is 4.89. The SMILES string of the molecule is CCCNCc1c2c(nc3c(C)c(Cl)ccc13)CCC2. The van der Waals surface area contributed by atoms with Gasteiger partial charge in [-0.25, -0.2) is 0 Å². The van der Waals surface area contributed by atoms with E-state index in [0.717, 1.165) is 42.0 Å². The summed E-state index contributed by atoms with van der Waals surface area (Å²) in [5, 5.41) is 5.64. The summed E-state index contributed by atoms with van der Waals surface area (Å²) in [6.07, 6.45) is 4.67. The van der Waals surface area contributed by atoms with Gasteiger partial charge in [-0.3, -0.25) is 4.98 Å². The van der Waals surface area contributed by atoms with E-state index >= 15 is 0 Å². The van der Waals surface area contributed by atoms with Crippen LogP contribution in [0, 0.1) is 6.92 Å². The van der Waals surface area contributed by atoms with Gasteiger partial charge in [0.05, 0.1) is 5.52 Å². The van der Waals surface area contributed by atoms with E-state index in [2.05, 4.69) is 25.2 Å². The van der Waals surface area contributed by atoms with Crippen molar-refractivity contribution in [2.24, 2.45) is 0 Å². The summed E-state index contributed by atoms with van der Waals surface area (Å²) in [6, 6.07) is 4.14. The smallest absolute Gasteiger partial charge is 0.0752 e. The number of rotatable bonds is 4. The van der Waals surface area contributed by atoms with Gasteiger partial charge in [0.1, 0.15) is 0 Å². The Morgan fingerprint density at radius 3 is 2.95 bits per heavy atom. The molecule has 0 amide bonds. The van der Waals surface area contributed by atoms with Crippen molar-refractivity contribution < 1.29 is 0 Å². The Labute approximate surface area is 125 Å². The normalized spacial score (nSPS) is 13.9. The van der Waals surface area contributed by atoms with Crippen LogP contribution < -0.4 is 5.32 Å². The molecule has 2 aromatic rings. The highest BCUT2D eigenvalue weighted by atomic mass is 35.5. The second-order valence-corrected chi connectivity index (χ2v) is 6.02. The molecule has 1 N–H and O–H groups in total. The van der Waals surface area contributed by atoms with Crippen LogP contribution in [0.3, 0.4) is 0 Å². The Hall–Kier alpha value is -1.12. The summed E-state index contributed by atoms with van der Waals surface area (Å²) in [5.74, 6) is 0. The molecule has 0 saturated heterocycles. The standard InChI is InChI=1S/C17H21ClN2/c1-3-9-19-10-14-12-5-4-6-16(12)20-17-11(2)15(18)8-7-13(14)17/h7-8,19H,3-6,9-10H2,1-2H3. The highest BCUT2D eigenvalue weighted by Crippen LogP contribution is 2.33. The summed E-state index contributed by atoms with van der Waals surface area (Å²) < 4.78 is 0. The van der Waals surface area contributed by atoms with Crippen molar-refractivity contribution in [2.45, 2.75) is 46.1 Å². The molecule has 0 unspecified atom stereocenters. The summed E-state index contributed by atoms with van der Waals surface area (Å²) >= 11 is 6.26. The average molecular weight is 289 g/mol. The Bertz CT molecular complexity index is 649. The molecule has 2 nitrogen and oxygen atoms in total. The van der Waals surface area contributed by atoms with E-state index in [4.69, 9.17) is 16.6 Å². The van der Waals surface area contributed by atoms with Gasteiger partial charge < -0.3 is 5.32 Å². The van der Waals surface area contributed by atoms with E-state index in [1.54, 1.807) is 0 Å². The molecule has 0 saturated carbocycles. The van der Waals surface area contributed by atoms with Gasteiger partial charge in [-0.15, -0.1) is 0 Å². The van der Waals surface area contributed by atoms with E-state index in [9.17, 15) is 0 Å². The topological polar surface area (TPSA) is 24.9 Å². The van der Waals surface area contributed by atoms with Gasteiger partial charge in [-0.2, -0.15) is 0 Å². The summed E-state index contributed by atoms with van der Waals surface area (Å²) in [7, 11) is 0. The molecule has 0 fully saturated rings. The number of aryl methyl sites for hydroxylation is 2. The van der Waals surface area contributed by atoms with Gasteiger partial charge in [0.25, 0.3) is 0 Å². The van der Waals surface area contributed by atoms with Crippen molar-refractivity contribution in [3.05, 3.63) is 39.5 Å². The van der Waals surface area contributed by atoms with Crippen LogP contribution in [0.4, 0.5) is 0 Å². The number of aromatic nitrogens is 1. The second kappa shape index (κ2) is 5.71. The Balaban J connectivity index is 2.16. The van der Waals surface area contributed by atoms with Crippen LogP contribution in [-0.4, -0.2) is 11.5 Å². The Morgan fingerprint density at radius 2 is 2.15 bits per heavy atom. The minimum atomic E-state index is 0.815. The third-order valence-corrected chi connectivity index (χ3v) is 4.63. The minimum Gasteiger partial charge on any atom is -0.313 e. The highest BCUT2D eigenvalue weighted by molar-refractivity contribution is 6.32. The fraction of sp³-hybridized carbons (Fsp3) is 0.471. The van der Waals surface area contributed by atoms with Gasteiger partial charge >= 0.3 is 0 Å². The zero-order valence-corrected chi connectivity index (χ0v) is 13.0. The van der Waals surface area contributed by atoms with Crippen LogP contribution in [0.25, 0.3) is 10.9 Å². The fourth-order valence-corrected chi connectivity index (χ4v) is 3.28. The van der Waals surface area contributed by atoms with E-state index in [-0.39, 0.29) is 0 Å². The quantitative estimate of drug-likeness (QED) is 0.854. The van der Waals surface area contributed by atoms with Gasteiger partial charge in [-0.1, -0.05) is 24.6 Å². The Kier molecular flexibility index (Phi) is 3.95. The van der Waals surface area contributed by atoms with Gasteiger partial charge in [0.2, 0.25) is 0 Å². The molecule has 0 radical (unpaired) electrons. The predicted octanol–water partition coefficient (Wildman–Crippen LogP) is 4.18. The minimum absolute atomic E-state index is 0.815. The molecule has 1 aliphatic carbocycles. The number of halogens is 1. The van der Waals surface area contributed by atoms with Crippen molar-refractivity contribution in [1.29, 1.82) is 0 Å². The number of hydrogen-bond acceptors (Lipinski definition) is 2. The zero-order chi connectivity index (χ0) is 14.1. The molecule has 3 rings (SSSR count). The molecular formula is C17H21ClN2. The van der Waals surface area contributed by atoms with Crippen LogP contribution in [0.5, 0.6) is 0 Å². The maximum absolute atomic E-state index is 6.26.